The van der Waals surface area contributed by atoms with Gasteiger partial charge in [0.25, 0.3) is 0 Å². The predicted octanol–water partition coefficient (Wildman–Crippen LogP) is 4.30. The molecule has 0 spiro atoms. The molecule has 1 aliphatic rings. The second-order valence-corrected chi connectivity index (χ2v) is 6.10. The van der Waals surface area contributed by atoms with Gasteiger partial charge < -0.3 is 10.1 Å². The van der Waals surface area contributed by atoms with E-state index in [1.807, 2.05) is 0 Å². The molecule has 114 valence electrons. The Balaban J connectivity index is 1.71. The molecular formula is C14H15F3N2OS. The number of ether oxygens (including phenoxy) is 1. The molecule has 1 aromatic carbocycles. The number of hydrogen-bond donors (Lipinski definition) is 1. The first-order chi connectivity index (χ1) is 10.0. The van der Waals surface area contributed by atoms with E-state index in [0.29, 0.717) is 17.2 Å². The Bertz CT molecular complexity index is 620. The smallest absolute Gasteiger partial charge is 0.376 e. The highest BCUT2D eigenvalue weighted by Gasteiger charge is 2.30. The Hall–Kier alpha value is -1.34. The van der Waals surface area contributed by atoms with E-state index in [1.54, 1.807) is 0 Å². The molecule has 1 aromatic heterocycles. The van der Waals surface area contributed by atoms with Gasteiger partial charge in [0.15, 0.2) is 5.13 Å². The number of anilines is 1. The van der Waals surface area contributed by atoms with E-state index >= 15 is 0 Å². The number of nitrogens with one attached hydrogen (secondary N) is 1. The van der Waals surface area contributed by atoms with Crippen molar-refractivity contribution in [3.05, 3.63) is 23.8 Å². The molecule has 2 heterocycles. The van der Waals surface area contributed by atoms with Gasteiger partial charge in [0.2, 0.25) is 0 Å². The van der Waals surface area contributed by atoms with Crippen molar-refractivity contribution in [2.24, 2.45) is 0 Å². The maximum Gasteiger partial charge on any atom is 0.416 e. The molecule has 0 saturated carbocycles. The summed E-state index contributed by atoms with van der Waals surface area (Å²) in [6.45, 7) is 1.42. The molecule has 3 rings (SSSR count). The van der Waals surface area contributed by atoms with Gasteiger partial charge in [-0.15, -0.1) is 0 Å². The summed E-state index contributed by atoms with van der Waals surface area (Å²) in [5.41, 5.74) is -0.288. The SMILES string of the molecule is FC(F)(F)c1ccc2sc(NCC3CCCCO3)nc2c1. The van der Waals surface area contributed by atoms with Crippen molar-refractivity contribution in [2.45, 2.75) is 31.5 Å². The zero-order valence-electron chi connectivity index (χ0n) is 11.2. The molecule has 7 heteroatoms. The zero-order chi connectivity index (χ0) is 14.9. The summed E-state index contributed by atoms with van der Waals surface area (Å²) in [5.74, 6) is 0. The van der Waals surface area contributed by atoms with Crippen LogP contribution in [0.4, 0.5) is 18.3 Å². The van der Waals surface area contributed by atoms with Crippen molar-refractivity contribution in [1.82, 2.24) is 4.98 Å². The largest absolute Gasteiger partial charge is 0.416 e. The first-order valence-corrected chi connectivity index (χ1v) is 7.67. The number of aromatic nitrogens is 1. The number of rotatable bonds is 3. The van der Waals surface area contributed by atoms with Crippen molar-refractivity contribution in [3.63, 3.8) is 0 Å². The Morgan fingerprint density at radius 3 is 2.90 bits per heavy atom. The summed E-state index contributed by atoms with van der Waals surface area (Å²) in [6, 6.07) is 3.65. The minimum atomic E-state index is -4.33. The second-order valence-electron chi connectivity index (χ2n) is 5.07. The van der Waals surface area contributed by atoms with E-state index in [-0.39, 0.29) is 6.10 Å². The second kappa shape index (κ2) is 5.81. The van der Waals surface area contributed by atoms with Gasteiger partial charge in [-0.3, -0.25) is 0 Å². The van der Waals surface area contributed by atoms with Crippen molar-refractivity contribution >= 4 is 26.7 Å². The fourth-order valence-electron chi connectivity index (χ4n) is 2.35. The first-order valence-electron chi connectivity index (χ1n) is 6.85. The molecular weight excluding hydrogens is 301 g/mol. The van der Waals surface area contributed by atoms with Crippen LogP contribution in [0.5, 0.6) is 0 Å². The van der Waals surface area contributed by atoms with E-state index in [9.17, 15) is 13.2 Å². The fourth-order valence-corrected chi connectivity index (χ4v) is 3.20. The first kappa shape index (κ1) is 14.6. The number of hydrogen-bond acceptors (Lipinski definition) is 4. The van der Waals surface area contributed by atoms with E-state index in [2.05, 4.69) is 10.3 Å². The third-order valence-corrected chi connectivity index (χ3v) is 4.46. The average molecular weight is 316 g/mol. The Morgan fingerprint density at radius 2 is 2.19 bits per heavy atom. The Labute approximate surface area is 124 Å². The van der Waals surface area contributed by atoms with E-state index in [4.69, 9.17) is 4.74 Å². The van der Waals surface area contributed by atoms with Crippen LogP contribution in [0.15, 0.2) is 18.2 Å². The average Bonchev–Trinajstić information content (AvgIpc) is 2.87. The van der Waals surface area contributed by atoms with Crippen LogP contribution in [0.2, 0.25) is 0 Å². The predicted molar refractivity (Wildman–Crippen MR) is 76.7 cm³/mol. The molecule has 21 heavy (non-hydrogen) atoms. The summed E-state index contributed by atoms with van der Waals surface area (Å²) < 4.78 is 44.3. The van der Waals surface area contributed by atoms with Crippen molar-refractivity contribution in [2.75, 3.05) is 18.5 Å². The minimum absolute atomic E-state index is 0.163. The van der Waals surface area contributed by atoms with Crippen LogP contribution < -0.4 is 5.32 Å². The highest BCUT2D eigenvalue weighted by molar-refractivity contribution is 7.22. The van der Waals surface area contributed by atoms with Crippen molar-refractivity contribution in [3.8, 4) is 0 Å². The third-order valence-electron chi connectivity index (χ3n) is 3.47. The van der Waals surface area contributed by atoms with Crippen LogP contribution in [0.3, 0.4) is 0 Å². The number of halogens is 3. The number of alkyl halides is 3. The van der Waals surface area contributed by atoms with Gasteiger partial charge in [-0.25, -0.2) is 4.98 Å². The third kappa shape index (κ3) is 3.47. The number of benzene rings is 1. The highest BCUT2D eigenvalue weighted by Crippen LogP contribution is 2.34. The molecule has 1 N–H and O–H groups in total. The van der Waals surface area contributed by atoms with Crippen LogP contribution in [0.25, 0.3) is 10.2 Å². The van der Waals surface area contributed by atoms with E-state index in [1.165, 1.54) is 17.4 Å². The summed E-state index contributed by atoms with van der Waals surface area (Å²) in [5, 5.41) is 3.80. The number of thiazole rings is 1. The van der Waals surface area contributed by atoms with Gasteiger partial charge in [0, 0.05) is 13.2 Å². The molecule has 0 bridgehead atoms. The maximum absolute atomic E-state index is 12.7. The van der Waals surface area contributed by atoms with Crippen LogP contribution in [-0.2, 0) is 10.9 Å². The lowest BCUT2D eigenvalue weighted by Crippen LogP contribution is -2.26. The number of nitrogens with zero attached hydrogens (tertiary/aromatic N) is 1. The molecule has 0 aliphatic carbocycles. The molecule has 0 radical (unpaired) electrons. The Kier molecular flexibility index (Phi) is 4.03. The number of fused-ring (bicyclic) bond motifs is 1. The van der Waals surface area contributed by atoms with Crippen LogP contribution in [0, 0.1) is 0 Å². The van der Waals surface area contributed by atoms with Gasteiger partial charge in [0.1, 0.15) is 0 Å². The fraction of sp³-hybridized carbons (Fsp3) is 0.500. The van der Waals surface area contributed by atoms with Crippen LogP contribution in [0.1, 0.15) is 24.8 Å². The topological polar surface area (TPSA) is 34.1 Å². The van der Waals surface area contributed by atoms with E-state index in [0.717, 1.165) is 42.7 Å². The highest BCUT2D eigenvalue weighted by atomic mass is 32.1. The summed E-state index contributed by atoms with van der Waals surface area (Å²) in [6.07, 6.45) is -0.910. The lowest BCUT2D eigenvalue weighted by Gasteiger charge is -2.22. The molecule has 1 unspecified atom stereocenters. The van der Waals surface area contributed by atoms with Gasteiger partial charge in [-0.2, -0.15) is 13.2 Å². The lowest BCUT2D eigenvalue weighted by molar-refractivity contribution is -0.137. The van der Waals surface area contributed by atoms with Crippen molar-refractivity contribution in [1.29, 1.82) is 0 Å². The molecule has 1 fully saturated rings. The molecule has 2 aromatic rings. The summed E-state index contributed by atoms with van der Waals surface area (Å²) in [7, 11) is 0. The maximum atomic E-state index is 12.7. The van der Waals surface area contributed by atoms with Gasteiger partial charge in [-0.05, 0) is 37.5 Å². The van der Waals surface area contributed by atoms with Gasteiger partial charge in [-0.1, -0.05) is 11.3 Å². The lowest BCUT2D eigenvalue weighted by atomic mass is 10.1. The van der Waals surface area contributed by atoms with E-state index < -0.39 is 11.7 Å². The van der Waals surface area contributed by atoms with Crippen LogP contribution >= 0.6 is 11.3 Å². The molecule has 3 nitrogen and oxygen atoms in total. The standard InChI is InChI=1S/C14H15F3N2OS/c15-14(16,17)9-4-5-12-11(7-9)19-13(21-12)18-8-10-3-1-2-6-20-10/h4-5,7,10H,1-3,6,8H2,(H,18,19). The quantitative estimate of drug-likeness (QED) is 0.917. The summed E-state index contributed by atoms with van der Waals surface area (Å²) >= 11 is 1.36. The van der Waals surface area contributed by atoms with Gasteiger partial charge >= 0.3 is 6.18 Å². The minimum Gasteiger partial charge on any atom is -0.376 e. The normalized spacial score (nSPS) is 19.9. The van der Waals surface area contributed by atoms with Crippen molar-refractivity contribution < 1.29 is 17.9 Å². The zero-order valence-corrected chi connectivity index (χ0v) is 12.1. The Morgan fingerprint density at radius 1 is 1.33 bits per heavy atom. The molecule has 1 atom stereocenters. The molecule has 1 aliphatic heterocycles. The van der Waals surface area contributed by atoms with Crippen LogP contribution in [-0.4, -0.2) is 24.2 Å². The monoisotopic (exact) mass is 316 g/mol. The molecule has 1 saturated heterocycles. The van der Waals surface area contributed by atoms with Gasteiger partial charge in [0.05, 0.1) is 21.9 Å². The summed E-state index contributed by atoms with van der Waals surface area (Å²) in [4.78, 5) is 4.22. The molecule has 0 amide bonds.